The zero-order valence-electron chi connectivity index (χ0n) is 10.5. The highest BCUT2D eigenvalue weighted by Crippen LogP contribution is 2.31. The van der Waals surface area contributed by atoms with Crippen LogP contribution >= 0.6 is 0 Å². The molecule has 0 spiro atoms. The fraction of sp³-hybridized carbons (Fsp3) is 0.176. The zero-order valence-corrected chi connectivity index (χ0v) is 10.5. The molecule has 2 unspecified atom stereocenters. The molecule has 18 heavy (non-hydrogen) atoms. The molecule has 0 aliphatic rings. The highest BCUT2D eigenvalue weighted by molar-refractivity contribution is 5.30. The van der Waals surface area contributed by atoms with E-state index < -0.39 is 6.10 Å². The molecule has 0 saturated carbocycles. The molecule has 92 valence electrons. The summed E-state index contributed by atoms with van der Waals surface area (Å²) < 4.78 is 0. The van der Waals surface area contributed by atoms with E-state index in [1.807, 2.05) is 67.6 Å². The summed E-state index contributed by atoms with van der Waals surface area (Å²) in [6, 6.07) is 19.9. The smallest absolute Gasteiger partial charge is 0.0893 e. The van der Waals surface area contributed by atoms with Crippen molar-refractivity contribution in [3.05, 3.63) is 83.9 Å². The molecule has 2 rings (SSSR count). The summed E-state index contributed by atoms with van der Waals surface area (Å²) in [5, 5.41) is 10.5. The second kappa shape index (κ2) is 6.18. The van der Waals surface area contributed by atoms with E-state index in [1.54, 1.807) is 0 Å². The van der Waals surface area contributed by atoms with Gasteiger partial charge in [-0.05, 0) is 18.1 Å². The summed E-state index contributed by atoms with van der Waals surface area (Å²) >= 11 is 0. The summed E-state index contributed by atoms with van der Waals surface area (Å²) in [7, 11) is 0. The van der Waals surface area contributed by atoms with Gasteiger partial charge in [-0.15, -0.1) is 0 Å². The number of hydrogen-bond donors (Lipinski definition) is 1. The third kappa shape index (κ3) is 2.88. The number of hydrogen-bond acceptors (Lipinski definition) is 1. The maximum Gasteiger partial charge on any atom is 0.0893 e. The summed E-state index contributed by atoms with van der Waals surface area (Å²) in [6.07, 6.45) is 3.53. The van der Waals surface area contributed by atoms with Gasteiger partial charge in [0.1, 0.15) is 0 Å². The Morgan fingerprint density at radius 2 is 1.33 bits per heavy atom. The monoisotopic (exact) mass is 238 g/mol. The first-order valence-electron chi connectivity index (χ1n) is 6.23. The number of rotatable bonds is 4. The van der Waals surface area contributed by atoms with Crippen LogP contribution in [0.2, 0.25) is 0 Å². The van der Waals surface area contributed by atoms with E-state index in [0.717, 1.165) is 11.1 Å². The predicted molar refractivity (Wildman–Crippen MR) is 75.4 cm³/mol. The molecule has 0 heterocycles. The van der Waals surface area contributed by atoms with E-state index in [4.69, 9.17) is 0 Å². The Morgan fingerprint density at radius 1 is 0.833 bits per heavy atom. The maximum absolute atomic E-state index is 10.5. The van der Waals surface area contributed by atoms with E-state index in [0.29, 0.717) is 0 Å². The SMILES string of the molecule is CC=CC(c1ccccc1)C(O)c1ccccc1. The first-order valence-corrected chi connectivity index (χ1v) is 6.23. The first-order chi connectivity index (χ1) is 8.83. The molecule has 0 aliphatic heterocycles. The van der Waals surface area contributed by atoms with Crippen molar-refractivity contribution in [1.29, 1.82) is 0 Å². The average Bonchev–Trinajstić information content (AvgIpc) is 2.46. The lowest BCUT2D eigenvalue weighted by Gasteiger charge is -2.20. The number of aliphatic hydroxyl groups excluding tert-OH is 1. The van der Waals surface area contributed by atoms with Crippen LogP contribution in [0.15, 0.2) is 72.8 Å². The molecule has 2 atom stereocenters. The zero-order chi connectivity index (χ0) is 12.8. The second-order valence-electron chi connectivity index (χ2n) is 4.32. The van der Waals surface area contributed by atoms with Gasteiger partial charge in [-0.2, -0.15) is 0 Å². The van der Waals surface area contributed by atoms with Crippen LogP contribution in [0.3, 0.4) is 0 Å². The minimum Gasteiger partial charge on any atom is -0.387 e. The van der Waals surface area contributed by atoms with Crippen LogP contribution in [0.5, 0.6) is 0 Å². The minimum absolute atomic E-state index is 0.00130. The lowest BCUT2D eigenvalue weighted by atomic mass is 9.89. The third-order valence-corrected chi connectivity index (χ3v) is 3.07. The lowest BCUT2D eigenvalue weighted by molar-refractivity contribution is 0.161. The van der Waals surface area contributed by atoms with Crippen LogP contribution < -0.4 is 0 Å². The van der Waals surface area contributed by atoms with Crippen molar-refractivity contribution in [3.8, 4) is 0 Å². The molecule has 1 N–H and O–H groups in total. The molecule has 0 fully saturated rings. The third-order valence-electron chi connectivity index (χ3n) is 3.07. The fourth-order valence-electron chi connectivity index (χ4n) is 2.14. The molecule has 1 nitrogen and oxygen atoms in total. The highest BCUT2D eigenvalue weighted by Gasteiger charge is 2.19. The first kappa shape index (κ1) is 12.6. The topological polar surface area (TPSA) is 20.2 Å². The number of aliphatic hydroxyl groups is 1. The van der Waals surface area contributed by atoms with Crippen molar-refractivity contribution in [2.45, 2.75) is 18.9 Å². The van der Waals surface area contributed by atoms with E-state index in [1.165, 1.54) is 0 Å². The van der Waals surface area contributed by atoms with E-state index in [2.05, 4.69) is 12.1 Å². The van der Waals surface area contributed by atoms with Gasteiger partial charge < -0.3 is 5.11 Å². The second-order valence-corrected chi connectivity index (χ2v) is 4.32. The Balaban J connectivity index is 2.32. The molecule has 2 aromatic rings. The van der Waals surface area contributed by atoms with E-state index in [-0.39, 0.29) is 5.92 Å². The molecule has 0 aromatic heterocycles. The largest absolute Gasteiger partial charge is 0.387 e. The molecule has 2 aromatic carbocycles. The predicted octanol–water partition coefficient (Wildman–Crippen LogP) is 4.08. The summed E-state index contributed by atoms with van der Waals surface area (Å²) in [6.45, 7) is 1.98. The Bertz CT molecular complexity index is 488. The van der Waals surface area contributed by atoms with Gasteiger partial charge in [0.05, 0.1) is 6.10 Å². The Morgan fingerprint density at radius 3 is 1.83 bits per heavy atom. The Hall–Kier alpha value is -1.86. The molecule has 0 bridgehead atoms. The van der Waals surface area contributed by atoms with Crippen molar-refractivity contribution in [3.63, 3.8) is 0 Å². The molecule has 0 aliphatic carbocycles. The van der Waals surface area contributed by atoms with Gasteiger partial charge in [-0.3, -0.25) is 0 Å². The molecular weight excluding hydrogens is 220 g/mol. The van der Waals surface area contributed by atoms with Crippen LogP contribution in [-0.4, -0.2) is 5.11 Å². The number of benzene rings is 2. The van der Waals surface area contributed by atoms with Gasteiger partial charge in [-0.1, -0.05) is 72.8 Å². The van der Waals surface area contributed by atoms with Crippen LogP contribution in [0, 0.1) is 0 Å². The van der Waals surface area contributed by atoms with Gasteiger partial charge >= 0.3 is 0 Å². The Labute approximate surface area is 108 Å². The Kier molecular flexibility index (Phi) is 4.32. The van der Waals surface area contributed by atoms with Gasteiger partial charge in [0.15, 0.2) is 0 Å². The van der Waals surface area contributed by atoms with Gasteiger partial charge in [-0.25, -0.2) is 0 Å². The molecule has 1 heteroatoms. The quantitative estimate of drug-likeness (QED) is 0.796. The van der Waals surface area contributed by atoms with Crippen molar-refractivity contribution in [1.82, 2.24) is 0 Å². The number of allylic oxidation sites excluding steroid dienone is 1. The van der Waals surface area contributed by atoms with Crippen LogP contribution in [-0.2, 0) is 0 Å². The van der Waals surface area contributed by atoms with Crippen LogP contribution in [0.25, 0.3) is 0 Å². The van der Waals surface area contributed by atoms with E-state index >= 15 is 0 Å². The fourth-order valence-corrected chi connectivity index (χ4v) is 2.14. The molecular formula is C17H18O. The summed E-state index contributed by atoms with van der Waals surface area (Å²) in [4.78, 5) is 0. The van der Waals surface area contributed by atoms with Crippen LogP contribution in [0.1, 0.15) is 30.1 Å². The van der Waals surface area contributed by atoms with Gasteiger partial charge in [0.25, 0.3) is 0 Å². The van der Waals surface area contributed by atoms with Crippen molar-refractivity contribution >= 4 is 0 Å². The van der Waals surface area contributed by atoms with Gasteiger partial charge in [0, 0.05) is 5.92 Å². The molecule has 0 radical (unpaired) electrons. The summed E-state index contributed by atoms with van der Waals surface area (Å²) in [5.41, 5.74) is 2.08. The standard InChI is InChI=1S/C17H18O/c1-2-9-16(14-10-5-3-6-11-14)17(18)15-12-7-4-8-13-15/h2-13,16-18H,1H3. The highest BCUT2D eigenvalue weighted by atomic mass is 16.3. The van der Waals surface area contributed by atoms with Crippen molar-refractivity contribution < 1.29 is 5.11 Å². The van der Waals surface area contributed by atoms with Crippen molar-refractivity contribution in [2.24, 2.45) is 0 Å². The lowest BCUT2D eigenvalue weighted by Crippen LogP contribution is -2.08. The van der Waals surface area contributed by atoms with Crippen molar-refractivity contribution in [2.75, 3.05) is 0 Å². The van der Waals surface area contributed by atoms with E-state index in [9.17, 15) is 5.11 Å². The average molecular weight is 238 g/mol. The normalized spacial score (nSPS) is 14.6. The van der Waals surface area contributed by atoms with Gasteiger partial charge in [0.2, 0.25) is 0 Å². The molecule has 0 amide bonds. The van der Waals surface area contributed by atoms with Crippen LogP contribution in [0.4, 0.5) is 0 Å². The maximum atomic E-state index is 10.5. The molecule has 0 saturated heterocycles. The minimum atomic E-state index is -0.509. The summed E-state index contributed by atoms with van der Waals surface area (Å²) in [5.74, 6) is -0.00130.